The van der Waals surface area contributed by atoms with Gasteiger partial charge in [0.2, 0.25) is 0 Å². The molecule has 2 aromatic heterocycles. The van der Waals surface area contributed by atoms with Gasteiger partial charge in [0, 0.05) is 22.4 Å². The van der Waals surface area contributed by atoms with Gasteiger partial charge in [0.05, 0.1) is 16.8 Å². The highest BCUT2D eigenvalue weighted by Crippen LogP contribution is 2.34. The van der Waals surface area contributed by atoms with Gasteiger partial charge in [-0.05, 0) is 24.6 Å². The molecule has 0 saturated heterocycles. The Morgan fingerprint density at radius 1 is 1.29 bits per heavy atom. The fraction of sp³-hybridized carbons (Fsp3) is 0.0667. The molecule has 0 aliphatic heterocycles. The van der Waals surface area contributed by atoms with Crippen LogP contribution in [0.2, 0.25) is 0 Å². The Hall–Kier alpha value is -2.34. The van der Waals surface area contributed by atoms with Gasteiger partial charge < -0.3 is 10.7 Å². The molecule has 0 radical (unpaired) electrons. The number of aromatic amines is 2. The molecule has 0 amide bonds. The Morgan fingerprint density at radius 2 is 2.10 bits per heavy atom. The first-order chi connectivity index (χ1) is 10.1. The fourth-order valence-corrected chi connectivity index (χ4v) is 2.65. The van der Waals surface area contributed by atoms with E-state index in [1.54, 1.807) is 12.3 Å². The summed E-state index contributed by atoms with van der Waals surface area (Å²) in [5, 5.41) is 6.91. The monoisotopic (exact) mass is 344 g/mol. The summed E-state index contributed by atoms with van der Waals surface area (Å²) >= 11 is 3.44. The second-order valence-electron chi connectivity index (χ2n) is 4.76. The predicted molar refractivity (Wildman–Crippen MR) is 86.9 cm³/mol. The molecule has 4 N–H and O–H groups in total. The molecule has 0 saturated carbocycles. The lowest BCUT2D eigenvalue weighted by atomic mass is 10.0. The number of rotatable bonds is 2. The SMILES string of the molecule is Cc1cc(=O)c(-c2[nH]nc(N)c2-c2cccc(Br)c2)c[nH]1. The lowest BCUT2D eigenvalue weighted by molar-refractivity contribution is 1.09. The standard InChI is InChI=1S/C15H13BrN4O/c1-8-5-12(21)11(7-18-8)14-13(15(17)20-19-14)9-3-2-4-10(16)6-9/h2-7H,1H3,(H,18,21)(H3,17,19,20). The number of aromatic nitrogens is 3. The van der Waals surface area contributed by atoms with Gasteiger partial charge in [-0.25, -0.2) is 0 Å². The molecule has 1 aromatic carbocycles. The van der Waals surface area contributed by atoms with Crippen molar-refractivity contribution in [1.29, 1.82) is 0 Å². The predicted octanol–water partition coefficient (Wildman–Crippen LogP) is 3.09. The number of halogens is 1. The van der Waals surface area contributed by atoms with Gasteiger partial charge >= 0.3 is 0 Å². The zero-order chi connectivity index (χ0) is 15.0. The quantitative estimate of drug-likeness (QED) is 0.667. The third kappa shape index (κ3) is 2.50. The van der Waals surface area contributed by atoms with Crippen LogP contribution in [-0.2, 0) is 0 Å². The number of pyridine rings is 1. The summed E-state index contributed by atoms with van der Waals surface area (Å²) in [7, 11) is 0. The molecule has 0 aliphatic carbocycles. The maximum Gasteiger partial charge on any atom is 0.191 e. The van der Waals surface area contributed by atoms with Crippen molar-refractivity contribution in [3.05, 3.63) is 56.9 Å². The maximum atomic E-state index is 12.2. The summed E-state index contributed by atoms with van der Waals surface area (Å²) in [6, 6.07) is 9.26. The molecule has 0 unspecified atom stereocenters. The third-order valence-electron chi connectivity index (χ3n) is 3.23. The van der Waals surface area contributed by atoms with Crippen LogP contribution in [0.5, 0.6) is 0 Å². The summed E-state index contributed by atoms with van der Waals surface area (Å²) < 4.78 is 0.935. The molecule has 21 heavy (non-hydrogen) atoms. The van der Waals surface area contributed by atoms with Crippen LogP contribution >= 0.6 is 15.9 Å². The number of nitrogens with two attached hydrogens (primary N) is 1. The van der Waals surface area contributed by atoms with Crippen molar-refractivity contribution in [2.24, 2.45) is 0 Å². The first-order valence-electron chi connectivity index (χ1n) is 6.36. The molecule has 0 atom stereocenters. The van der Waals surface area contributed by atoms with E-state index in [4.69, 9.17) is 5.73 Å². The van der Waals surface area contributed by atoms with E-state index in [-0.39, 0.29) is 5.43 Å². The topological polar surface area (TPSA) is 87.6 Å². The van der Waals surface area contributed by atoms with E-state index < -0.39 is 0 Å². The van der Waals surface area contributed by atoms with Gasteiger partial charge in [-0.15, -0.1) is 0 Å². The third-order valence-corrected chi connectivity index (χ3v) is 3.73. The number of nitrogens with zero attached hydrogens (tertiary/aromatic N) is 1. The molecule has 3 aromatic rings. The summed E-state index contributed by atoms with van der Waals surface area (Å²) in [4.78, 5) is 15.2. The lowest BCUT2D eigenvalue weighted by Crippen LogP contribution is -2.06. The minimum absolute atomic E-state index is 0.0776. The van der Waals surface area contributed by atoms with E-state index in [2.05, 4.69) is 31.1 Å². The molecule has 106 valence electrons. The maximum absolute atomic E-state index is 12.2. The zero-order valence-corrected chi connectivity index (χ0v) is 12.9. The van der Waals surface area contributed by atoms with Crippen LogP contribution in [0.1, 0.15) is 5.69 Å². The Bertz CT molecular complexity index is 866. The Labute approximate surface area is 129 Å². The number of nitrogens with one attached hydrogen (secondary N) is 2. The molecule has 6 heteroatoms. The molecule has 0 aliphatic rings. The Balaban J connectivity index is 2.24. The number of hydrogen-bond acceptors (Lipinski definition) is 3. The van der Waals surface area contributed by atoms with E-state index in [1.807, 2.05) is 31.2 Å². The van der Waals surface area contributed by atoms with Gasteiger partial charge in [-0.3, -0.25) is 9.89 Å². The smallest absolute Gasteiger partial charge is 0.191 e. The molecule has 0 bridgehead atoms. The van der Waals surface area contributed by atoms with Crippen LogP contribution in [0.3, 0.4) is 0 Å². The summed E-state index contributed by atoms with van der Waals surface area (Å²) in [5.41, 5.74) is 9.45. The summed E-state index contributed by atoms with van der Waals surface area (Å²) in [6.45, 7) is 1.84. The summed E-state index contributed by atoms with van der Waals surface area (Å²) in [5.74, 6) is 0.364. The van der Waals surface area contributed by atoms with Crippen LogP contribution < -0.4 is 11.2 Å². The highest BCUT2D eigenvalue weighted by molar-refractivity contribution is 9.10. The van der Waals surface area contributed by atoms with Crippen molar-refractivity contribution < 1.29 is 0 Å². The Kier molecular flexibility index (Phi) is 3.39. The van der Waals surface area contributed by atoms with Gasteiger partial charge in [-0.2, -0.15) is 5.10 Å². The second-order valence-corrected chi connectivity index (χ2v) is 5.68. The minimum atomic E-state index is -0.0776. The molecule has 2 heterocycles. The molecule has 5 nitrogen and oxygen atoms in total. The average molecular weight is 345 g/mol. The molecule has 3 rings (SSSR count). The van der Waals surface area contributed by atoms with E-state index in [1.165, 1.54) is 0 Å². The van der Waals surface area contributed by atoms with Crippen molar-refractivity contribution in [1.82, 2.24) is 15.2 Å². The molecule has 0 fully saturated rings. The Morgan fingerprint density at radius 3 is 2.81 bits per heavy atom. The van der Waals surface area contributed by atoms with E-state index in [9.17, 15) is 4.79 Å². The van der Waals surface area contributed by atoms with E-state index >= 15 is 0 Å². The van der Waals surface area contributed by atoms with Crippen molar-refractivity contribution in [2.75, 3.05) is 5.73 Å². The normalized spacial score (nSPS) is 10.8. The average Bonchev–Trinajstić information content (AvgIpc) is 2.80. The van der Waals surface area contributed by atoms with Crippen LogP contribution in [0, 0.1) is 6.92 Å². The van der Waals surface area contributed by atoms with E-state index in [0.717, 1.165) is 21.3 Å². The first kappa shape index (κ1) is 13.6. The van der Waals surface area contributed by atoms with Gasteiger partial charge in [0.25, 0.3) is 0 Å². The number of H-pyrrole nitrogens is 2. The van der Waals surface area contributed by atoms with Crippen molar-refractivity contribution in [3.63, 3.8) is 0 Å². The molecule has 0 spiro atoms. The number of benzene rings is 1. The molecular weight excluding hydrogens is 332 g/mol. The van der Waals surface area contributed by atoms with Crippen molar-refractivity contribution in [2.45, 2.75) is 6.92 Å². The van der Waals surface area contributed by atoms with Crippen LogP contribution in [0.4, 0.5) is 5.82 Å². The number of anilines is 1. The lowest BCUT2D eigenvalue weighted by Gasteiger charge is -2.05. The van der Waals surface area contributed by atoms with E-state index in [0.29, 0.717) is 17.1 Å². The minimum Gasteiger partial charge on any atom is -0.382 e. The largest absolute Gasteiger partial charge is 0.382 e. The van der Waals surface area contributed by atoms with Gasteiger partial charge in [0.1, 0.15) is 0 Å². The summed E-state index contributed by atoms with van der Waals surface area (Å²) in [6.07, 6.45) is 1.67. The van der Waals surface area contributed by atoms with Gasteiger partial charge in [-0.1, -0.05) is 28.1 Å². The van der Waals surface area contributed by atoms with Crippen molar-refractivity contribution in [3.8, 4) is 22.4 Å². The first-order valence-corrected chi connectivity index (χ1v) is 7.15. The van der Waals surface area contributed by atoms with Gasteiger partial charge in [0.15, 0.2) is 11.2 Å². The second kappa shape index (κ2) is 5.21. The number of hydrogen-bond donors (Lipinski definition) is 3. The zero-order valence-electron chi connectivity index (χ0n) is 11.3. The fourth-order valence-electron chi connectivity index (χ4n) is 2.26. The number of aryl methyl sites for hydroxylation is 1. The van der Waals surface area contributed by atoms with Crippen LogP contribution in [0.25, 0.3) is 22.4 Å². The highest BCUT2D eigenvalue weighted by atomic mass is 79.9. The van der Waals surface area contributed by atoms with Crippen molar-refractivity contribution >= 4 is 21.7 Å². The number of nitrogen functional groups attached to an aromatic ring is 1. The molecular formula is C15H13BrN4O. The highest BCUT2D eigenvalue weighted by Gasteiger charge is 2.17. The van der Waals surface area contributed by atoms with Crippen LogP contribution in [-0.4, -0.2) is 15.2 Å². The van der Waals surface area contributed by atoms with Crippen LogP contribution in [0.15, 0.2) is 45.8 Å².